The number of halogens is 1. The maximum absolute atomic E-state index is 3.26. The quantitative estimate of drug-likeness (QED) is 0.718. The van der Waals surface area contributed by atoms with Gasteiger partial charge in [0, 0.05) is 0 Å². The monoisotopic (exact) mass is 224 g/mol. The van der Waals surface area contributed by atoms with Crippen molar-refractivity contribution in [2.24, 2.45) is 0 Å². The Morgan fingerprint density at radius 2 is 1.75 bits per heavy atom. The Balaban J connectivity index is 2.85. The minimum absolute atomic E-state index is 1.01. The molecule has 0 aliphatic heterocycles. The molecule has 0 aliphatic carbocycles. The Morgan fingerprint density at radius 3 is 2.25 bits per heavy atom. The first-order chi connectivity index (χ1) is 5.72. The molecule has 0 bridgehead atoms. The summed E-state index contributed by atoms with van der Waals surface area (Å²) in [5.41, 5.74) is 4.06. The number of hydrogen-bond donors (Lipinski definition) is 0. The van der Waals surface area contributed by atoms with Crippen molar-refractivity contribution in [2.75, 3.05) is 0 Å². The summed E-state index contributed by atoms with van der Waals surface area (Å²) in [6.45, 7) is 4.27. The minimum Gasteiger partial charge on any atom is -0.0732 e. The molecule has 0 unspecified atom stereocenters. The fourth-order valence-corrected chi connectivity index (χ4v) is 1.55. The van der Waals surface area contributed by atoms with Crippen molar-refractivity contribution < 1.29 is 0 Å². The molecule has 1 rings (SSSR count). The second kappa shape index (κ2) is 4.46. The first-order valence-electron chi connectivity index (χ1n) is 4.05. The normalized spacial score (nSPS) is 10.9. The lowest BCUT2D eigenvalue weighted by Gasteiger charge is -2.01. The van der Waals surface area contributed by atoms with Gasteiger partial charge in [-0.2, -0.15) is 0 Å². The van der Waals surface area contributed by atoms with Gasteiger partial charge in [0.15, 0.2) is 0 Å². The molecule has 0 nitrogen and oxygen atoms in total. The first kappa shape index (κ1) is 9.53. The van der Waals surface area contributed by atoms with Crippen molar-refractivity contribution in [2.45, 2.75) is 20.3 Å². The van der Waals surface area contributed by atoms with E-state index in [4.69, 9.17) is 0 Å². The Hall–Kier alpha value is -0.560. The summed E-state index contributed by atoms with van der Waals surface area (Å²) in [4.78, 5) is 1.91. The third kappa shape index (κ3) is 2.82. The highest BCUT2D eigenvalue weighted by Gasteiger charge is 1.92. The highest BCUT2D eigenvalue weighted by atomic mass is 79.9. The van der Waals surface area contributed by atoms with E-state index in [-0.39, 0.29) is 0 Å². The zero-order valence-corrected chi connectivity index (χ0v) is 9.06. The zero-order valence-electron chi connectivity index (χ0n) is 7.47. The van der Waals surface area contributed by atoms with Crippen molar-refractivity contribution in [3.8, 4) is 0 Å². The van der Waals surface area contributed by atoms with Gasteiger partial charge in [0.25, 0.3) is 0 Å². The van der Waals surface area contributed by atoms with Gasteiger partial charge in [-0.05, 0) is 30.8 Å². The molecule has 0 aromatic heterocycles. The van der Waals surface area contributed by atoms with E-state index in [1.165, 1.54) is 16.7 Å². The van der Waals surface area contributed by atoms with Gasteiger partial charge in [-0.15, -0.1) is 0 Å². The summed E-state index contributed by atoms with van der Waals surface area (Å²) in [7, 11) is 0. The highest BCUT2D eigenvalue weighted by Crippen LogP contribution is 2.09. The van der Waals surface area contributed by atoms with Crippen LogP contribution in [0.5, 0.6) is 0 Å². The van der Waals surface area contributed by atoms with Gasteiger partial charge in [0.2, 0.25) is 0 Å². The Bertz CT molecular complexity index is 267. The molecular weight excluding hydrogens is 212 g/mol. The average molecular weight is 225 g/mol. The summed E-state index contributed by atoms with van der Waals surface area (Å²) in [5, 5.41) is 0. The summed E-state index contributed by atoms with van der Waals surface area (Å²) in [5.74, 6) is 0. The van der Waals surface area contributed by atoms with Gasteiger partial charge in [0.1, 0.15) is 0 Å². The molecule has 1 heteroatoms. The van der Waals surface area contributed by atoms with Gasteiger partial charge in [0.05, 0.1) is 0 Å². The van der Waals surface area contributed by atoms with Crippen LogP contribution in [0.15, 0.2) is 29.3 Å². The van der Waals surface area contributed by atoms with E-state index in [1.807, 2.05) is 4.99 Å². The van der Waals surface area contributed by atoms with Crippen LogP contribution in [-0.2, 0) is 6.42 Å². The number of hydrogen-bond acceptors (Lipinski definition) is 0. The van der Waals surface area contributed by atoms with Crippen LogP contribution in [0.2, 0.25) is 0 Å². The molecule has 0 saturated carbocycles. The summed E-state index contributed by atoms with van der Waals surface area (Å²) in [6, 6.07) is 6.64. The van der Waals surface area contributed by atoms with Gasteiger partial charge in [-0.3, -0.25) is 0 Å². The van der Waals surface area contributed by atoms with E-state index >= 15 is 0 Å². The number of aryl methyl sites for hydroxylation is 2. The summed E-state index contributed by atoms with van der Waals surface area (Å²) >= 11 is 3.26. The SMILES string of the molecule is Cc1cc(C)cc(C/C=C/Br)c1. The fraction of sp³-hybridized carbons (Fsp3) is 0.273. The molecule has 0 saturated heterocycles. The molecular formula is C11H13Br. The van der Waals surface area contributed by atoms with Crippen LogP contribution in [-0.4, -0.2) is 0 Å². The van der Waals surface area contributed by atoms with Gasteiger partial charge < -0.3 is 0 Å². The first-order valence-corrected chi connectivity index (χ1v) is 4.96. The molecule has 0 heterocycles. The minimum atomic E-state index is 1.01. The molecule has 0 spiro atoms. The molecule has 12 heavy (non-hydrogen) atoms. The van der Waals surface area contributed by atoms with Crippen molar-refractivity contribution in [1.82, 2.24) is 0 Å². The molecule has 0 fully saturated rings. The van der Waals surface area contributed by atoms with Crippen LogP contribution in [0, 0.1) is 13.8 Å². The van der Waals surface area contributed by atoms with Crippen LogP contribution < -0.4 is 0 Å². The van der Waals surface area contributed by atoms with Gasteiger partial charge in [-0.25, -0.2) is 0 Å². The largest absolute Gasteiger partial charge is 0.0732 e. The van der Waals surface area contributed by atoms with E-state index in [9.17, 15) is 0 Å². The van der Waals surface area contributed by atoms with Crippen molar-refractivity contribution in [1.29, 1.82) is 0 Å². The van der Waals surface area contributed by atoms with E-state index < -0.39 is 0 Å². The molecule has 0 aliphatic rings. The molecule has 0 N–H and O–H groups in total. The van der Waals surface area contributed by atoms with Crippen molar-refractivity contribution in [3.05, 3.63) is 46.0 Å². The van der Waals surface area contributed by atoms with Crippen LogP contribution >= 0.6 is 15.9 Å². The van der Waals surface area contributed by atoms with Crippen molar-refractivity contribution >= 4 is 15.9 Å². The third-order valence-electron chi connectivity index (χ3n) is 1.72. The van der Waals surface area contributed by atoms with E-state index in [0.29, 0.717) is 0 Å². The smallest absolute Gasteiger partial charge is 0.00890 e. The zero-order chi connectivity index (χ0) is 8.97. The predicted molar refractivity (Wildman–Crippen MR) is 57.7 cm³/mol. The lowest BCUT2D eigenvalue weighted by molar-refractivity contribution is 1.23. The molecule has 0 atom stereocenters. The highest BCUT2D eigenvalue weighted by molar-refractivity contribution is 9.11. The van der Waals surface area contributed by atoms with E-state index in [2.05, 4.69) is 54.1 Å². The Labute approximate surface area is 82.4 Å². The van der Waals surface area contributed by atoms with Crippen LogP contribution in [0.4, 0.5) is 0 Å². The molecule has 1 aromatic rings. The van der Waals surface area contributed by atoms with E-state index in [0.717, 1.165) is 6.42 Å². The Morgan fingerprint density at radius 1 is 1.17 bits per heavy atom. The van der Waals surface area contributed by atoms with Crippen LogP contribution in [0.3, 0.4) is 0 Å². The summed E-state index contributed by atoms with van der Waals surface area (Å²) < 4.78 is 0. The maximum atomic E-state index is 3.26. The van der Waals surface area contributed by atoms with Crippen LogP contribution in [0.25, 0.3) is 0 Å². The predicted octanol–water partition coefficient (Wildman–Crippen LogP) is 3.75. The Kier molecular flexibility index (Phi) is 3.54. The number of rotatable bonds is 2. The topological polar surface area (TPSA) is 0 Å². The molecule has 0 amide bonds. The third-order valence-corrected chi connectivity index (χ3v) is 2.10. The number of benzene rings is 1. The summed E-state index contributed by atoms with van der Waals surface area (Å²) in [6.07, 6.45) is 3.11. The lowest BCUT2D eigenvalue weighted by Crippen LogP contribution is -1.84. The van der Waals surface area contributed by atoms with E-state index in [1.54, 1.807) is 0 Å². The second-order valence-electron chi connectivity index (χ2n) is 3.06. The fourth-order valence-electron chi connectivity index (χ4n) is 1.37. The van der Waals surface area contributed by atoms with Crippen molar-refractivity contribution in [3.63, 3.8) is 0 Å². The molecule has 64 valence electrons. The molecule has 1 aromatic carbocycles. The maximum Gasteiger partial charge on any atom is -0.00890 e. The average Bonchev–Trinajstić information content (AvgIpc) is 1.99. The lowest BCUT2D eigenvalue weighted by atomic mass is 10.1. The van der Waals surface area contributed by atoms with Crippen LogP contribution in [0.1, 0.15) is 16.7 Å². The molecule has 0 radical (unpaired) electrons. The number of allylic oxidation sites excluding steroid dienone is 1. The van der Waals surface area contributed by atoms with Gasteiger partial charge >= 0.3 is 0 Å². The second-order valence-corrected chi connectivity index (χ2v) is 3.59. The van der Waals surface area contributed by atoms with Gasteiger partial charge in [-0.1, -0.05) is 51.3 Å². The standard InChI is InChI=1S/C11H13Br/c1-9-6-10(2)8-11(7-9)4-3-5-12/h3,5-8H,4H2,1-2H3/b5-3+.